The van der Waals surface area contributed by atoms with Gasteiger partial charge in [0.15, 0.2) is 0 Å². The summed E-state index contributed by atoms with van der Waals surface area (Å²) in [5, 5.41) is 3.20. The molecule has 0 aromatic carbocycles. The highest BCUT2D eigenvalue weighted by Crippen LogP contribution is 1.93. The van der Waals surface area contributed by atoms with E-state index in [0.717, 1.165) is 13.1 Å². The van der Waals surface area contributed by atoms with Gasteiger partial charge < -0.3 is 14.8 Å². The molecule has 0 heterocycles. The van der Waals surface area contributed by atoms with E-state index >= 15 is 0 Å². The number of likely N-dealkylation sites (N-methyl/N-ethyl adjacent to an activating group) is 1. The third-order valence-corrected chi connectivity index (χ3v) is 2.07. The van der Waals surface area contributed by atoms with Crippen molar-refractivity contribution in [3.8, 4) is 0 Å². The van der Waals surface area contributed by atoms with Gasteiger partial charge in [-0.15, -0.1) is 0 Å². The molecule has 14 heavy (non-hydrogen) atoms. The fraction of sp³-hybridized carbons (Fsp3) is 0.889. The molecule has 0 aliphatic carbocycles. The summed E-state index contributed by atoms with van der Waals surface area (Å²) < 4.78 is 10.3. The third-order valence-electron chi connectivity index (χ3n) is 1.49. The van der Waals surface area contributed by atoms with Crippen molar-refractivity contribution >= 4 is 16.9 Å². The lowest BCUT2D eigenvalue weighted by Gasteiger charge is -2.04. The van der Waals surface area contributed by atoms with Gasteiger partial charge in [0.05, 0.1) is 19.8 Å². The second-order valence-electron chi connectivity index (χ2n) is 2.59. The van der Waals surface area contributed by atoms with Gasteiger partial charge in [-0.2, -0.15) is 0 Å². The molecule has 0 fully saturated rings. The van der Waals surface area contributed by atoms with E-state index in [4.69, 9.17) is 9.47 Å². The topological polar surface area (TPSA) is 47.6 Å². The van der Waals surface area contributed by atoms with Gasteiger partial charge in [0.1, 0.15) is 6.61 Å². The first-order valence-electron chi connectivity index (χ1n) is 4.74. The summed E-state index contributed by atoms with van der Waals surface area (Å²) in [6, 6.07) is 0. The fourth-order valence-corrected chi connectivity index (χ4v) is 0.957. The van der Waals surface area contributed by atoms with Crippen molar-refractivity contribution < 1.29 is 14.3 Å². The molecular weight excluding hydrogens is 202 g/mol. The normalized spacial score (nSPS) is 10.4. The Hall–Kier alpha value is -0.100. The Morgan fingerprint density at radius 2 is 2.00 bits per heavy atom. The zero-order valence-electron chi connectivity index (χ0n) is 8.88. The Morgan fingerprint density at radius 3 is 2.64 bits per heavy atom. The highest BCUT2D eigenvalue weighted by Gasteiger charge is 1.97. The zero-order chi connectivity index (χ0) is 10.6. The van der Waals surface area contributed by atoms with E-state index in [2.05, 4.69) is 12.2 Å². The molecule has 0 aliphatic heterocycles. The molecule has 0 atom stereocenters. The zero-order valence-corrected chi connectivity index (χ0v) is 9.69. The van der Waals surface area contributed by atoms with E-state index in [-0.39, 0.29) is 11.7 Å². The number of hydrogen-bond acceptors (Lipinski definition) is 5. The van der Waals surface area contributed by atoms with Gasteiger partial charge in [-0.3, -0.25) is 4.79 Å². The van der Waals surface area contributed by atoms with Crippen LogP contribution in [0.3, 0.4) is 0 Å². The van der Waals surface area contributed by atoms with Gasteiger partial charge >= 0.3 is 0 Å². The van der Waals surface area contributed by atoms with Gasteiger partial charge in [0.2, 0.25) is 5.12 Å². The first kappa shape index (κ1) is 13.9. The molecule has 1 N–H and O–H groups in total. The van der Waals surface area contributed by atoms with Crippen LogP contribution in [0.15, 0.2) is 0 Å². The molecule has 84 valence electrons. The van der Waals surface area contributed by atoms with Crippen LogP contribution in [0.2, 0.25) is 0 Å². The van der Waals surface area contributed by atoms with Crippen LogP contribution in [0.5, 0.6) is 0 Å². The molecule has 0 amide bonds. The maximum absolute atomic E-state index is 10.8. The van der Waals surface area contributed by atoms with Crippen LogP contribution in [0.25, 0.3) is 0 Å². The summed E-state index contributed by atoms with van der Waals surface area (Å²) in [6.45, 7) is 5.77. The van der Waals surface area contributed by atoms with Gasteiger partial charge in [0.25, 0.3) is 0 Å². The number of rotatable bonds is 9. The van der Waals surface area contributed by atoms with Gasteiger partial charge in [-0.1, -0.05) is 18.7 Å². The first-order chi connectivity index (χ1) is 6.81. The second-order valence-corrected chi connectivity index (χ2v) is 3.46. The highest BCUT2D eigenvalue weighted by atomic mass is 32.2. The van der Waals surface area contributed by atoms with Crippen LogP contribution < -0.4 is 5.32 Å². The minimum absolute atomic E-state index is 0.0534. The van der Waals surface area contributed by atoms with Crippen molar-refractivity contribution in [1.29, 1.82) is 0 Å². The number of nitrogens with one attached hydrogen (secondary N) is 1. The summed E-state index contributed by atoms with van der Waals surface area (Å²) in [5.41, 5.74) is 0. The lowest BCUT2D eigenvalue weighted by Crippen LogP contribution is -2.20. The SMILES string of the molecule is CCNCCOCCOCC(=O)SC. The summed E-state index contributed by atoms with van der Waals surface area (Å²) >= 11 is 1.18. The molecule has 0 aromatic heterocycles. The Bertz CT molecular complexity index is 144. The van der Waals surface area contributed by atoms with Gasteiger partial charge in [-0.25, -0.2) is 0 Å². The Labute approximate surface area is 89.7 Å². The summed E-state index contributed by atoms with van der Waals surface area (Å²) in [6.07, 6.45) is 1.75. The lowest BCUT2D eigenvalue weighted by atomic mass is 10.6. The second kappa shape index (κ2) is 11.0. The monoisotopic (exact) mass is 221 g/mol. The standard InChI is InChI=1S/C9H19NO3S/c1-3-10-4-5-12-6-7-13-8-9(11)14-2/h10H,3-8H2,1-2H3. The van der Waals surface area contributed by atoms with Gasteiger partial charge in [0, 0.05) is 6.54 Å². The quantitative estimate of drug-likeness (QED) is 0.575. The Morgan fingerprint density at radius 1 is 1.29 bits per heavy atom. The van der Waals surface area contributed by atoms with Crippen molar-refractivity contribution in [2.45, 2.75) is 6.92 Å². The number of thioether (sulfide) groups is 1. The van der Waals surface area contributed by atoms with E-state index in [1.54, 1.807) is 6.26 Å². The Kier molecular flexibility index (Phi) is 10.9. The summed E-state index contributed by atoms with van der Waals surface area (Å²) in [4.78, 5) is 10.8. The molecule has 5 heteroatoms. The van der Waals surface area contributed by atoms with Crippen LogP contribution in [0.1, 0.15) is 6.92 Å². The molecular formula is C9H19NO3S. The van der Waals surface area contributed by atoms with Crippen LogP contribution in [0, 0.1) is 0 Å². The van der Waals surface area contributed by atoms with Crippen LogP contribution in [0.4, 0.5) is 0 Å². The van der Waals surface area contributed by atoms with Gasteiger partial charge in [-0.05, 0) is 12.8 Å². The molecule has 4 nitrogen and oxygen atoms in total. The summed E-state index contributed by atoms with van der Waals surface area (Å²) in [7, 11) is 0. The van der Waals surface area contributed by atoms with E-state index < -0.39 is 0 Å². The number of hydrogen-bond donors (Lipinski definition) is 1. The van der Waals surface area contributed by atoms with E-state index in [1.165, 1.54) is 11.8 Å². The molecule has 0 rings (SSSR count). The first-order valence-corrected chi connectivity index (χ1v) is 5.96. The number of carbonyl (C=O) groups excluding carboxylic acids is 1. The van der Waals surface area contributed by atoms with Crippen LogP contribution in [-0.2, 0) is 14.3 Å². The molecule has 0 aromatic rings. The molecule has 0 unspecified atom stereocenters. The number of ether oxygens (including phenoxy) is 2. The minimum atomic E-state index is 0.0534. The maximum atomic E-state index is 10.8. The van der Waals surface area contributed by atoms with E-state index in [9.17, 15) is 4.79 Å². The molecule has 0 bridgehead atoms. The minimum Gasteiger partial charge on any atom is -0.378 e. The number of carbonyl (C=O) groups is 1. The maximum Gasteiger partial charge on any atom is 0.214 e. The van der Waals surface area contributed by atoms with E-state index in [0.29, 0.717) is 19.8 Å². The Balaban J connectivity index is 2.95. The van der Waals surface area contributed by atoms with Crippen molar-refractivity contribution in [3.05, 3.63) is 0 Å². The largest absolute Gasteiger partial charge is 0.378 e. The average molecular weight is 221 g/mol. The average Bonchev–Trinajstić information content (AvgIpc) is 2.21. The predicted molar refractivity (Wildman–Crippen MR) is 58.7 cm³/mol. The van der Waals surface area contributed by atoms with Crippen molar-refractivity contribution in [2.75, 3.05) is 45.8 Å². The summed E-state index contributed by atoms with van der Waals surface area (Å²) in [5.74, 6) is 0. The molecule has 0 saturated carbocycles. The molecule has 0 spiro atoms. The van der Waals surface area contributed by atoms with Crippen molar-refractivity contribution in [1.82, 2.24) is 5.32 Å². The molecule has 0 radical (unpaired) electrons. The third kappa shape index (κ3) is 9.98. The predicted octanol–water partition coefficient (Wildman–Crippen LogP) is 0.519. The smallest absolute Gasteiger partial charge is 0.214 e. The van der Waals surface area contributed by atoms with Crippen LogP contribution >= 0.6 is 11.8 Å². The van der Waals surface area contributed by atoms with Crippen LogP contribution in [-0.4, -0.2) is 50.9 Å². The molecule has 0 aliphatic rings. The highest BCUT2D eigenvalue weighted by molar-refractivity contribution is 8.13. The van der Waals surface area contributed by atoms with E-state index in [1.807, 2.05) is 0 Å². The molecule has 0 saturated heterocycles. The fourth-order valence-electron chi connectivity index (χ4n) is 0.755. The van der Waals surface area contributed by atoms with Crippen molar-refractivity contribution in [3.63, 3.8) is 0 Å². The van der Waals surface area contributed by atoms with Crippen molar-refractivity contribution in [2.24, 2.45) is 0 Å². The lowest BCUT2D eigenvalue weighted by molar-refractivity contribution is -0.115.